The monoisotopic (exact) mass is 351 g/mol. The Morgan fingerprint density at radius 2 is 1.64 bits per heavy atom. The summed E-state index contributed by atoms with van der Waals surface area (Å²) in [5.41, 5.74) is 2.37. The summed E-state index contributed by atoms with van der Waals surface area (Å²) < 4.78 is 6.34. The van der Waals surface area contributed by atoms with Crippen molar-refractivity contribution in [1.29, 1.82) is 0 Å². The molecule has 3 aromatic rings. The molecule has 0 spiro atoms. The van der Waals surface area contributed by atoms with Gasteiger partial charge in [-0.2, -0.15) is 0 Å². The van der Waals surface area contributed by atoms with Crippen LogP contribution >= 0.6 is 11.6 Å². The van der Waals surface area contributed by atoms with E-state index in [2.05, 4.69) is 74.6 Å². The summed E-state index contributed by atoms with van der Waals surface area (Å²) in [6.07, 6.45) is -0.0677. The third-order valence-corrected chi connectivity index (χ3v) is 5.02. The summed E-state index contributed by atoms with van der Waals surface area (Å²) in [5.74, 6) is 0.956. The average molecular weight is 352 g/mol. The molecular weight excluding hydrogens is 330 g/mol. The Bertz CT molecular complexity index is 911. The summed E-state index contributed by atoms with van der Waals surface area (Å²) in [5, 5.41) is 6.91. The molecule has 1 aliphatic rings. The van der Waals surface area contributed by atoms with E-state index in [9.17, 15) is 0 Å². The second kappa shape index (κ2) is 6.05. The molecule has 2 atom stereocenters. The van der Waals surface area contributed by atoms with E-state index in [1.54, 1.807) is 0 Å². The van der Waals surface area contributed by atoms with Gasteiger partial charge in [-0.1, -0.05) is 74.8 Å². The Morgan fingerprint density at radius 3 is 2.36 bits per heavy atom. The number of nitrogens with one attached hydrogen (secondary N) is 1. The van der Waals surface area contributed by atoms with E-state index in [-0.39, 0.29) is 17.7 Å². The van der Waals surface area contributed by atoms with Gasteiger partial charge in [0.1, 0.15) is 5.75 Å². The van der Waals surface area contributed by atoms with E-state index in [1.807, 2.05) is 12.1 Å². The third kappa shape index (κ3) is 3.01. The first-order valence-corrected chi connectivity index (χ1v) is 9.01. The van der Waals surface area contributed by atoms with Crippen molar-refractivity contribution in [2.75, 3.05) is 0 Å². The molecule has 0 bridgehead atoms. The fraction of sp³-hybridized carbons (Fsp3) is 0.273. The van der Waals surface area contributed by atoms with Gasteiger partial charge in [-0.3, -0.25) is 5.32 Å². The molecule has 0 saturated heterocycles. The van der Waals surface area contributed by atoms with Crippen LogP contribution in [0, 0.1) is 5.41 Å². The molecule has 0 aromatic heterocycles. The molecule has 3 aromatic carbocycles. The minimum absolute atomic E-state index is 0.0198. The second-order valence-corrected chi connectivity index (χ2v) is 8.15. The van der Waals surface area contributed by atoms with Gasteiger partial charge in [-0.25, -0.2) is 0 Å². The second-order valence-electron chi connectivity index (χ2n) is 7.71. The molecule has 1 N–H and O–H groups in total. The van der Waals surface area contributed by atoms with Gasteiger partial charge in [0.15, 0.2) is 6.23 Å². The highest BCUT2D eigenvalue weighted by molar-refractivity contribution is 6.30. The number of hydrogen-bond acceptors (Lipinski definition) is 2. The number of rotatable bonds is 1. The zero-order chi connectivity index (χ0) is 17.6. The maximum Gasteiger partial charge on any atom is 0.155 e. The Kier molecular flexibility index (Phi) is 3.98. The lowest BCUT2D eigenvalue weighted by Gasteiger charge is -2.40. The summed E-state index contributed by atoms with van der Waals surface area (Å²) in [4.78, 5) is 0. The molecule has 2 nitrogen and oxygen atoms in total. The lowest BCUT2D eigenvalue weighted by Crippen LogP contribution is -2.49. The Morgan fingerprint density at radius 1 is 0.920 bits per heavy atom. The average Bonchev–Trinajstić information content (AvgIpc) is 2.60. The summed E-state index contributed by atoms with van der Waals surface area (Å²) >= 11 is 6.10. The van der Waals surface area contributed by atoms with Crippen LogP contribution in [-0.2, 0) is 0 Å². The van der Waals surface area contributed by atoms with Crippen LogP contribution in [0.1, 0.15) is 37.9 Å². The van der Waals surface area contributed by atoms with E-state index in [0.717, 1.165) is 10.8 Å². The van der Waals surface area contributed by atoms with Gasteiger partial charge in [0.2, 0.25) is 0 Å². The van der Waals surface area contributed by atoms with Crippen molar-refractivity contribution in [3.63, 3.8) is 0 Å². The molecule has 4 rings (SSSR count). The molecule has 0 saturated carbocycles. The number of ether oxygens (including phenoxy) is 1. The van der Waals surface area contributed by atoms with Crippen molar-refractivity contribution < 1.29 is 4.74 Å². The fourth-order valence-electron chi connectivity index (χ4n) is 3.42. The van der Waals surface area contributed by atoms with Crippen molar-refractivity contribution in [3.05, 3.63) is 76.8 Å². The maximum atomic E-state index is 6.34. The van der Waals surface area contributed by atoms with Crippen LogP contribution in [0.25, 0.3) is 10.8 Å². The lowest BCUT2D eigenvalue weighted by atomic mass is 9.87. The first-order chi connectivity index (χ1) is 11.9. The van der Waals surface area contributed by atoms with E-state index >= 15 is 0 Å². The van der Waals surface area contributed by atoms with Crippen molar-refractivity contribution in [3.8, 4) is 5.75 Å². The molecule has 3 heteroatoms. The normalized spacial score (nSPS) is 20.2. The van der Waals surface area contributed by atoms with Crippen LogP contribution in [0.3, 0.4) is 0 Å². The number of hydrogen-bond donors (Lipinski definition) is 1. The molecule has 128 valence electrons. The molecule has 1 aliphatic heterocycles. The van der Waals surface area contributed by atoms with Crippen LogP contribution < -0.4 is 10.1 Å². The zero-order valence-electron chi connectivity index (χ0n) is 14.7. The SMILES string of the molecule is CC(C)(C)[C@@H]1N[C@@H](c2ccc(Cl)cc2)c2c(ccc3ccccc23)O1. The highest BCUT2D eigenvalue weighted by Crippen LogP contribution is 2.42. The molecule has 0 radical (unpaired) electrons. The summed E-state index contributed by atoms with van der Waals surface area (Å²) in [6, 6.07) is 20.8. The van der Waals surface area contributed by atoms with E-state index in [4.69, 9.17) is 16.3 Å². The number of benzene rings is 3. The van der Waals surface area contributed by atoms with Crippen LogP contribution in [-0.4, -0.2) is 6.23 Å². The summed E-state index contributed by atoms with van der Waals surface area (Å²) in [7, 11) is 0. The number of halogens is 1. The smallest absolute Gasteiger partial charge is 0.155 e. The van der Waals surface area contributed by atoms with Gasteiger partial charge in [0.25, 0.3) is 0 Å². The van der Waals surface area contributed by atoms with Gasteiger partial charge in [0.05, 0.1) is 6.04 Å². The van der Waals surface area contributed by atoms with Crippen LogP contribution in [0.4, 0.5) is 0 Å². The fourth-order valence-corrected chi connectivity index (χ4v) is 3.54. The van der Waals surface area contributed by atoms with E-state index < -0.39 is 0 Å². The van der Waals surface area contributed by atoms with Gasteiger partial charge in [-0.15, -0.1) is 0 Å². The first-order valence-electron chi connectivity index (χ1n) is 8.63. The highest BCUT2D eigenvalue weighted by Gasteiger charge is 2.36. The molecule has 0 amide bonds. The third-order valence-electron chi connectivity index (χ3n) is 4.77. The molecule has 1 heterocycles. The minimum Gasteiger partial charge on any atom is -0.474 e. The molecule has 0 aliphatic carbocycles. The van der Waals surface area contributed by atoms with Crippen LogP contribution in [0.15, 0.2) is 60.7 Å². The Hall–Kier alpha value is -2.03. The quantitative estimate of drug-likeness (QED) is 0.586. The first kappa shape index (κ1) is 16.4. The predicted octanol–water partition coefficient (Wildman–Crippen LogP) is 5.94. The standard InChI is InChI=1S/C22H22ClNO/c1-22(2,3)21-24-20(15-8-11-16(23)12-9-15)19-17-7-5-4-6-14(17)10-13-18(19)25-21/h4-13,20-21,24H,1-3H3/t20-,21+/m0/s1. The maximum absolute atomic E-state index is 6.34. The highest BCUT2D eigenvalue weighted by atomic mass is 35.5. The lowest BCUT2D eigenvalue weighted by molar-refractivity contribution is 0.0350. The van der Waals surface area contributed by atoms with Crippen molar-refractivity contribution in [1.82, 2.24) is 5.32 Å². The van der Waals surface area contributed by atoms with Gasteiger partial charge in [-0.05, 0) is 34.5 Å². The van der Waals surface area contributed by atoms with Crippen molar-refractivity contribution >= 4 is 22.4 Å². The molecular formula is C22H22ClNO. The van der Waals surface area contributed by atoms with Gasteiger partial charge >= 0.3 is 0 Å². The van der Waals surface area contributed by atoms with Crippen molar-refractivity contribution in [2.24, 2.45) is 5.41 Å². The van der Waals surface area contributed by atoms with Gasteiger partial charge in [0, 0.05) is 16.0 Å². The Balaban J connectivity index is 1.92. The zero-order valence-corrected chi connectivity index (χ0v) is 15.5. The van der Waals surface area contributed by atoms with Gasteiger partial charge < -0.3 is 4.74 Å². The van der Waals surface area contributed by atoms with Crippen LogP contribution in [0.5, 0.6) is 5.75 Å². The number of fused-ring (bicyclic) bond motifs is 3. The minimum atomic E-state index is -0.0677. The predicted molar refractivity (Wildman–Crippen MR) is 104 cm³/mol. The molecule has 0 unspecified atom stereocenters. The molecule has 25 heavy (non-hydrogen) atoms. The van der Waals surface area contributed by atoms with Crippen LogP contribution in [0.2, 0.25) is 5.02 Å². The van der Waals surface area contributed by atoms with Crippen molar-refractivity contribution in [2.45, 2.75) is 33.0 Å². The topological polar surface area (TPSA) is 21.3 Å². The largest absolute Gasteiger partial charge is 0.474 e. The van der Waals surface area contributed by atoms with E-state index in [0.29, 0.717) is 0 Å². The van der Waals surface area contributed by atoms with E-state index in [1.165, 1.54) is 21.9 Å². The molecule has 0 fully saturated rings. The Labute approximate surface area is 153 Å². The summed E-state index contributed by atoms with van der Waals surface area (Å²) in [6.45, 7) is 6.57.